The number of rotatable bonds is 6. The van der Waals surface area contributed by atoms with E-state index in [1.807, 2.05) is 0 Å². The summed E-state index contributed by atoms with van der Waals surface area (Å²) in [5.74, 6) is 0.201. The smallest absolute Gasteiger partial charge is 0.333 e. The van der Waals surface area contributed by atoms with Crippen LogP contribution in [-0.4, -0.2) is 25.5 Å². The Morgan fingerprint density at radius 3 is 2.47 bits per heavy atom. The van der Waals surface area contributed by atoms with Crippen molar-refractivity contribution < 1.29 is 19.1 Å². The van der Waals surface area contributed by atoms with E-state index in [2.05, 4.69) is 6.58 Å². The first kappa shape index (κ1) is 13.0. The Bertz CT molecular complexity index is 406. The van der Waals surface area contributed by atoms with Crippen LogP contribution >= 0.6 is 0 Å². The van der Waals surface area contributed by atoms with Crippen LogP contribution in [0, 0.1) is 0 Å². The third-order valence-electron chi connectivity index (χ3n) is 1.95. The topological polar surface area (TPSA) is 52.6 Å². The summed E-state index contributed by atoms with van der Waals surface area (Å²) in [6, 6.07) is 6.68. The molecule has 0 unspecified atom stereocenters. The lowest BCUT2D eigenvalue weighted by molar-refractivity contribution is -0.139. The van der Waals surface area contributed by atoms with E-state index in [1.54, 1.807) is 31.2 Å². The van der Waals surface area contributed by atoms with Gasteiger partial charge in [0.15, 0.2) is 0 Å². The van der Waals surface area contributed by atoms with E-state index in [1.165, 1.54) is 0 Å². The number of benzene rings is 1. The number of hydrogen-bond donors (Lipinski definition) is 0. The summed E-state index contributed by atoms with van der Waals surface area (Å²) in [5.41, 5.74) is 0.950. The molecule has 0 radical (unpaired) electrons. The van der Waals surface area contributed by atoms with Crippen LogP contribution in [0.5, 0.6) is 5.75 Å². The summed E-state index contributed by atoms with van der Waals surface area (Å²) >= 11 is 0. The lowest BCUT2D eigenvalue weighted by Gasteiger charge is -2.07. The van der Waals surface area contributed by atoms with Crippen molar-refractivity contribution in [3.05, 3.63) is 42.0 Å². The van der Waals surface area contributed by atoms with Gasteiger partial charge in [0.05, 0.1) is 0 Å². The molecule has 0 heterocycles. The molecule has 0 fully saturated rings. The molecule has 0 aliphatic heterocycles. The maximum Gasteiger partial charge on any atom is 0.333 e. The largest absolute Gasteiger partial charge is 0.490 e. The highest BCUT2D eigenvalue weighted by atomic mass is 16.6. The molecule has 0 N–H and O–H groups in total. The SMILES string of the molecule is C=C(C)C(=O)OCCOc1ccc(C=O)cc1. The Labute approximate surface area is 99.8 Å². The van der Waals surface area contributed by atoms with Gasteiger partial charge in [0.2, 0.25) is 0 Å². The molecule has 90 valence electrons. The molecule has 1 aromatic carbocycles. The molecule has 0 saturated carbocycles. The van der Waals surface area contributed by atoms with E-state index >= 15 is 0 Å². The zero-order valence-corrected chi connectivity index (χ0v) is 9.64. The number of carbonyl (C=O) groups is 2. The number of ether oxygens (including phenoxy) is 2. The van der Waals surface area contributed by atoms with E-state index < -0.39 is 5.97 Å². The summed E-state index contributed by atoms with van der Waals surface area (Å²) in [7, 11) is 0. The maximum absolute atomic E-state index is 11.0. The number of aldehydes is 1. The van der Waals surface area contributed by atoms with Crippen LogP contribution in [0.3, 0.4) is 0 Å². The van der Waals surface area contributed by atoms with Gasteiger partial charge in [0.25, 0.3) is 0 Å². The Kier molecular flexibility index (Phi) is 4.94. The van der Waals surface area contributed by atoms with Crippen LogP contribution in [0.2, 0.25) is 0 Å². The van der Waals surface area contributed by atoms with Gasteiger partial charge in [-0.1, -0.05) is 6.58 Å². The average Bonchev–Trinajstić information content (AvgIpc) is 2.35. The van der Waals surface area contributed by atoms with Crippen molar-refractivity contribution in [2.45, 2.75) is 6.92 Å². The summed E-state index contributed by atoms with van der Waals surface area (Å²) in [5, 5.41) is 0. The molecular weight excluding hydrogens is 220 g/mol. The van der Waals surface area contributed by atoms with Gasteiger partial charge in [-0.05, 0) is 31.2 Å². The molecule has 4 heteroatoms. The minimum absolute atomic E-state index is 0.168. The van der Waals surface area contributed by atoms with Crippen molar-refractivity contribution in [1.82, 2.24) is 0 Å². The van der Waals surface area contributed by atoms with Crippen molar-refractivity contribution in [2.24, 2.45) is 0 Å². The van der Waals surface area contributed by atoms with Crippen molar-refractivity contribution in [3.63, 3.8) is 0 Å². The Morgan fingerprint density at radius 2 is 1.94 bits per heavy atom. The van der Waals surface area contributed by atoms with Gasteiger partial charge in [-0.2, -0.15) is 0 Å². The maximum atomic E-state index is 11.0. The molecule has 0 aromatic heterocycles. The molecule has 0 spiro atoms. The second-order valence-electron chi connectivity index (χ2n) is 3.45. The fourth-order valence-corrected chi connectivity index (χ4v) is 1.06. The van der Waals surface area contributed by atoms with Crippen LogP contribution in [0.15, 0.2) is 36.4 Å². The van der Waals surface area contributed by atoms with Crippen molar-refractivity contribution >= 4 is 12.3 Å². The van der Waals surface area contributed by atoms with Gasteiger partial charge >= 0.3 is 5.97 Å². The number of carbonyl (C=O) groups excluding carboxylic acids is 2. The highest BCUT2D eigenvalue weighted by Crippen LogP contribution is 2.10. The van der Waals surface area contributed by atoms with E-state index in [9.17, 15) is 9.59 Å². The van der Waals surface area contributed by atoms with E-state index in [4.69, 9.17) is 9.47 Å². The summed E-state index contributed by atoms with van der Waals surface area (Å²) in [6.45, 7) is 5.48. The molecule has 0 atom stereocenters. The zero-order valence-electron chi connectivity index (χ0n) is 9.64. The van der Waals surface area contributed by atoms with Gasteiger partial charge in [-0.15, -0.1) is 0 Å². The lowest BCUT2D eigenvalue weighted by Crippen LogP contribution is -2.12. The standard InChI is InChI=1S/C13H14O4/c1-10(2)13(15)17-8-7-16-12-5-3-11(9-14)4-6-12/h3-6,9H,1,7-8H2,2H3. The molecule has 17 heavy (non-hydrogen) atoms. The third kappa shape index (κ3) is 4.51. The quantitative estimate of drug-likeness (QED) is 0.327. The second kappa shape index (κ2) is 6.48. The molecule has 1 rings (SSSR count). The second-order valence-corrected chi connectivity index (χ2v) is 3.45. The zero-order chi connectivity index (χ0) is 12.7. The van der Waals surface area contributed by atoms with E-state index in [0.29, 0.717) is 16.9 Å². The lowest BCUT2D eigenvalue weighted by atomic mass is 10.2. The van der Waals surface area contributed by atoms with Crippen LogP contribution < -0.4 is 4.74 Å². The minimum atomic E-state index is -0.426. The normalized spacial score (nSPS) is 9.47. The summed E-state index contributed by atoms with van der Waals surface area (Å²) < 4.78 is 10.2. The Balaban J connectivity index is 2.28. The first-order valence-electron chi connectivity index (χ1n) is 5.14. The molecule has 0 saturated heterocycles. The third-order valence-corrected chi connectivity index (χ3v) is 1.95. The highest BCUT2D eigenvalue weighted by Gasteiger charge is 2.02. The van der Waals surface area contributed by atoms with Gasteiger partial charge in [0, 0.05) is 11.1 Å². The fourth-order valence-electron chi connectivity index (χ4n) is 1.06. The average molecular weight is 234 g/mol. The molecule has 0 bridgehead atoms. The van der Waals surface area contributed by atoms with Crippen molar-refractivity contribution in [2.75, 3.05) is 13.2 Å². The summed E-state index contributed by atoms with van der Waals surface area (Å²) in [6.07, 6.45) is 0.762. The van der Waals surface area contributed by atoms with Gasteiger partial charge in [-0.25, -0.2) is 4.79 Å². The molecule has 4 nitrogen and oxygen atoms in total. The molecule has 0 aliphatic rings. The predicted molar refractivity (Wildman–Crippen MR) is 63.1 cm³/mol. The minimum Gasteiger partial charge on any atom is -0.490 e. The monoisotopic (exact) mass is 234 g/mol. The molecular formula is C13H14O4. The number of esters is 1. The van der Waals surface area contributed by atoms with Gasteiger partial charge < -0.3 is 9.47 Å². The van der Waals surface area contributed by atoms with Gasteiger partial charge in [-0.3, -0.25) is 4.79 Å². The Morgan fingerprint density at radius 1 is 1.29 bits per heavy atom. The Hall–Kier alpha value is -2.10. The van der Waals surface area contributed by atoms with Crippen LogP contribution in [-0.2, 0) is 9.53 Å². The van der Waals surface area contributed by atoms with Crippen LogP contribution in [0.1, 0.15) is 17.3 Å². The molecule has 1 aromatic rings. The predicted octanol–water partition coefficient (Wildman–Crippen LogP) is 2.00. The summed E-state index contributed by atoms with van der Waals surface area (Å²) in [4.78, 5) is 21.4. The highest BCUT2D eigenvalue weighted by molar-refractivity contribution is 5.86. The van der Waals surface area contributed by atoms with Crippen LogP contribution in [0.25, 0.3) is 0 Å². The molecule has 0 aliphatic carbocycles. The fraction of sp³-hybridized carbons (Fsp3) is 0.231. The van der Waals surface area contributed by atoms with Crippen molar-refractivity contribution in [3.8, 4) is 5.75 Å². The first-order chi connectivity index (χ1) is 8.13. The van der Waals surface area contributed by atoms with E-state index in [-0.39, 0.29) is 13.2 Å². The van der Waals surface area contributed by atoms with Crippen molar-refractivity contribution in [1.29, 1.82) is 0 Å². The molecule has 0 amide bonds. The van der Waals surface area contributed by atoms with E-state index in [0.717, 1.165) is 6.29 Å². The van der Waals surface area contributed by atoms with Crippen LogP contribution in [0.4, 0.5) is 0 Å². The van der Waals surface area contributed by atoms with Gasteiger partial charge in [0.1, 0.15) is 25.2 Å². The first-order valence-corrected chi connectivity index (χ1v) is 5.14. The number of hydrogen-bond acceptors (Lipinski definition) is 4.